The van der Waals surface area contributed by atoms with E-state index in [1.165, 1.54) is 7.11 Å². The topological polar surface area (TPSA) is 64.6 Å². The summed E-state index contributed by atoms with van der Waals surface area (Å²) in [6.45, 7) is 1.88. The molecule has 3 rings (SSSR count). The van der Waals surface area contributed by atoms with E-state index in [1.54, 1.807) is 30.3 Å². The molecule has 0 aliphatic rings. The fourth-order valence-corrected chi connectivity index (χ4v) is 2.71. The summed E-state index contributed by atoms with van der Waals surface area (Å²) in [5.41, 5.74) is 3.56. The molecule has 0 unspecified atom stereocenters. The lowest BCUT2D eigenvalue weighted by Crippen LogP contribution is -2.20. The third kappa shape index (κ3) is 5.98. The van der Waals surface area contributed by atoms with E-state index in [1.807, 2.05) is 49.4 Å². The van der Waals surface area contributed by atoms with E-state index in [-0.39, 0.29) is 12.5 Å². The smallest absolute Gasteiger partial charge is 0.337 e. The number of hydrogen-bond acceptors (Lipinski definition) is 4. The Morgan fingerprint density at radius 2 is 1.60 bits per heavy atom. The van der Waals surface area contributed by atoms with Crippen LogP contribution in [0.15, 0.2) is 72.8 Å². The second-order valence-corrected chi connectivity index (χ2v) is 6.56. The van der Waals surface area contributed by atoms with E-state index in [2.05, 4.69) is 17.2 Å². The van der Waals surface area contributed by atoms with Gasteiger partial charge in [-0.25, -0.2) is 4.79 Å². The van der Waals surface area contributed by atoms with Gasteiger partial charge in [-0.3, -0.25) is 4.79 Å². The van der Waals surface area contributed by atoms with Gasteiger partial charge in [-0.05, 0) is 61.0 Å². The van der Waals surface area contributed by atoms with Crippen molar-refractivity contribution in [3.05, 3.63) is 95.1 Å². The van der Waals surface area contributed by atoms with Crippen LogP contribution in [-0.4, -0.2) is 25.6 Å². The highest BCUT2D eigenvalue weighted by molar-refractivity contribution is 5.92. The number of methoxy groups -OCH3 is 1. The molecule has 3 aromatic carbocycles. The van der Waals surface area contributed by atoms with Gasteiger partial charge in [0, 0.05) is 16.8 Å². The second-order valence-electron chi connectivity index (χ2n) is 6.56. The fraction of sp³-hybridized carbons (Fsp3) is 0.120. The summed E-state index contributed by atoms with van der Waals surface area (Å²) < 4.78 is 10.2. The van der Waals surface area contributed by atoms with E-state index >= 15 is 0 Å². The molecule has 0 aliphatic heterocycles. The average Bonchev–Trinajstić information content (AvgIpc) is 2.76. The van der Waals surface area contributed by atoms with Gasteiger partial charge in [0.25, 0.3) is 5.91 Å². The number of rotatable bonds is 5. The van der Waals surface area contributed by atoms with Gasteiger partial charge in [-0.15, -0.1) is 0 Å². The van der Waals surface area contributed by atoms with Crippen LogP contribution in [0.1, 0.15) is 27.0 Å². The van der Waals surface area contributed by atoms with Gasteiger partial charge in [0.05, 0.1) is 12.7 Å². The van der Waals surface area contributed by atoms with Crippen molar-refractivity contribution in [1.29, 1.82) is 0 Å². The van der Waals surface area contributed by atoms with Gasteiger partial charge in [0.1, 0.15) is 5.75 Å². The fourth-order valence-electron chi connectivity index (χ4n) is 2.71. The van der Waals surface area contributed by atoms with Crippen LogP contribution >= 0.6 is 0 Å². The van der Waals surface area contributed by atoms with E-state index < -0.39 is 5.97 Å². The first kappa shape index (κ1) is 20.7. The largest absolute Gasteiger partial charge is 0.484 e. The number of anilines is 1. The van der Waals surface area contributed by atoms with Crippen LogP contribution < -0.4 is 10.1 Å². The third-order valence-corrected chi connectivity index (χ3v) is 4.14. The molecule has 0 fully saturated rings. The van der Waals surface area contributed by atoms with Gasteiger partial charge in [0.2, 0.25) is 0 Å². The lowest BCUT2D eigenvalue weighted by Gasteiger charge is -2.08. The Morgan fingerprint density at radius 3 is 2.33 bits per heavy atom. The number of aryl methyl sites for hydroxylation is 1. The molecule has 3 aromatic rings. The summed E-state index contributed by atoms with van der Waals surface area (Å²) in [5.74, 6) is 6.04. The molecule has 150 valence electrons. The molecule has 0 heterocycles. The molecule has 0 aromatic heterocycles. The molecular formula is C25H21NO4. The molecule has 30 heavy (non-hydrogen) atoms. The number of ether oxygens (including phenoxy) is 2. The molecule has 0 aliphatic carbocycles. The van der Waals surface area contributed by atoms with Crippen molar-refractivity contribution in [2.45, 2.75) is 6.92 Å². The maximum absolute atomic E-state index is 12.2. The number of esters is 1. The minimum Gasteiger partial charge on any atom is -0.484 e. The Kier molecular flexibility index (Phi) is 6.86. The predicted octanol–water partition coefficient (Wildman–Crippen LogP) is 4.20. The van der Waals surface area contributed by atoms with Gasteiger partial charge < -0.3 is 14.8 Å². The second kappa shape index (κ2) is 9.94. The molecule has 1 amide bonds. The van der Waals surface area contributed by atoms with E-state index in [9.17, 15) is 9.59 Å². The monoisotopic (exact) mass is 399 g/mol. The van der Waals surface area contributed by atoms with Crippen LogP contribution in [0, 0.1) is 18.8 Å². The van der Waals surface area contributed by atoms with E-state index in [0.29, 0.717) is 22.6 Å². The molecule has 5 nitrogen and oxygen atoms in total. The van der Waals surface area contributed by atoms with Crippen LogP contribution in [0.3, 0.4) is 0 Å². The highest BCUT2D eigenvalue weighted by atomic mass is 16.5. The van der Waals surface area contributed by atoms with Crippen molar-refractivity contribution in [3.8, 4) is 17.6 Å². The quantitative estimate of drug-likeness (QED) is 0.516. The molecular weight excluding hydrogens is 378 g/mol. The first-order valence-corrected chi connectivity index (χ1v) is 9.33. The SMILES string of the molecule is COC(=O)c1cccc(C#Cc2cccc(NC(=O)COc3cccc(C)c3)c2)c1. The van der Waals surface area contributed by atoms with Gasteiger partial charge in [0.15, 0.2) is 6.61 Å². The van der Waals surface area contributed by atoms with E-state index in [0.717, 1.165) is 11.1 Å². The zero-order chi connectivity index (χ0) is 21.3. The van der Waals surface area contributed by atoms with Crippen molar-refractivity contribution in [3.63, 3.8) is 0 Å². The van der Waals surface area contributed by atoms with Crippen molar-refractivity contribution >= 4 is 17.6 Å². The van der Waals surface area contributed by atoms with Crippen molar-refractivity contribution in [1.82, 2.24) is 0 Å². The Morgan fingerprint density at radius 1 is 0.900 bits per heavy atom. The minimum absolute atomic E-state index is 0.0837. The maximum Gasteiger partial charge on any atom is 0.337 e. The summed E-state index contributed by atoms with van der Waals surface area (Å²) >= 11 is 0. The van der Waals surface area contributed by atoms with Crippen LogP contribution in [0.4, 0.5) is 5.69 Å². The van der Waals surface area contributed by atoms with E-state index in [4.69, 9.17) is 9.47 Å². The molecule has 0 bridgehead atoms. The maximum atomic E-state index is 12.2. The summed E-state index contributed by atoms with van der Waals surface area (Å²) in [6.07, 6.45) is 0. The number of hydrogen-bond donors (Lipinski definition) is 1. The number of carbonyl (C=O) groups excluding carboxylic acids is 2. The van der Waals surface area contributed by atoms with Gasteiger partial charge >= 0.3 is 5.97 Å². The highest BCUT2D eigenvalue weighted by Gasteiger charge is 2.05. The number of benzene rings is 3. The minimum atomic E-state index is -0.406. The first-order valence-electron chi connectivity index (χ1n) is 9.33. The van der Waals surface area contributed by atoms with Crippen LogP contribution in [0.2, 0.25) is 0 Å². The third-order valence-electron chi connectivity index (χ3n) is 4.14. The van der Waals surface area contributed by atoms with Crippen molar-refractivity contribution in [2.75, 3.05) is 19.0 Å². The molecule has 0 saturated heterocycles. The summed E-state index contributed by atoms with van der Waals surface area (Å²) in [5, 5.41) is 2.80. The normalized spacial score (nSPS) is 9.80. The summed E-state index contributed by atoms with van der Waals surface area (Å²) in [7, 11) is 1.34. The zero-order valence-electron chi connectivity index (χ0n) is 16.8. The number of carbonyl (C=O) groups is 2. The van der Waals surface area contributed by atoms with Crippen LogP contribution in [0.25, 0.3) is 0 Å². The molecule has 0 spiro atoms. The molecule has 5 heteroatoms. The van der Waals surface area contributed by atoms with Gasteiger partial charge in [-0.2, -0.15) is 0 Å². The summed E-state index contributed by atoms with van der Waals surface area (Å²) in [4.78, 5) is 23.8. The molecule has 0 saturated carbocycles. The Bertz CT molecular complexity index is 1120. The molecule has 0 atom stereocenters. The van der Waals surface area contributed by atoms with Crippen LogP contribution in [0.5, 0.6) is 5.75 Å². The highest BCUT2D eigenvalue weighted by Crippen LogP contribution is 2.13. The Hall–Kier alpha value is -4.04. The average molecular weight is 399 g/mol. The molecule has 0 radical (unpaired) electrons. The lowest BCUT2D eigenvalue weighted by atomic mass is 10.1. The standard InChI is InChI=1S/C25H21NO4/c1-18-6-3-11-23(14-18)30-17-24(27)26-22-10-5-8-20(16-22)13-12-19-7-4-9-21(15-19)25(28)29-2/h3-11,14-16H,17H2,1-2H3,(H,26,27). The number of amides is 1. The van der Waals surface area contributed by atoms with Crippen molar-refractivity contribution < 1.29 is 19.1 Å². The zero-order valence-corrected chi connectivity index (χ0v) is 16.8. The van der Waals surface area contributed by atoms with Crippen molar-refractivity contribution in [2.24, 2.45) is 0 Å². The van der Waals surface area contributed by atoms with Gasteiger partial charge in [-0.1, -0.05) is 36.1 Å². The Labute approximate surface area is 175 Å². The summed E-state index contributed by atoms with van der Waals surface area (Å²) in [6, 6.07) is 21.7. The Balaban J connectivity index is 1.63. The van der Waals surface area contributed by atoms with Crippen LogP contribution in [-0.2, 0) is 9.53 Å². The lowest BCUT2D eigenvalue weighted by molar-refractivity contribution is -0.118. The number of nitrogens with one attached hydrogen (secondary N) is 1. The molecule has 1 N–H and O–H groups in total. The first-order chi connectivity index (χ1) is 14.5. The predicted molar refractivity (Wildman–Crippen MR) is 116 cm³/mol.